The largest absolute Gasteiger partial charge is 0.369 e. The van der Waals surface area contributed by atoms with Crippen molar-refractivity contribution in [3.63, 3.8) is 0 Å². The quantitative estimate of drug-likeness (QED) is 0.625. The summed E-state index contributed by atoms with van der Waals surface area (Å²) in [4.78, 5) is 8.72. The van der Waals surface area contributed by atoms with Gasteiger partial charge in [0.2, 0.25) is 0 Å². The Kier molecular flexibility index (Phi) is 7.94. The van der Waals surface area contributed by atoms with Crippen molar-refractivity contribution in [2.45, 2.75) is 65.3 Å². The first kappa shape index (κ1) is 15.7. The number of rotatable bonds is 10. The van der Waals surface area contributed by atoms with Crippen LogP contribution in [-0.2, 0) is 0 Å². The Bertz CT molecular complexity index is 341. The second-order valence-corrected chi connectivity index (χ2v) is 5.11. The van der Waals surface area contributed by atoms with Crippen LogP contribution in [0.3, 0.4) is 0 Å². The highest BCUT2D eigenvalue weighted by Crippen LogP contribution is 2.11. The maximum Gasteiger partial charge on any atom is 0.147 e. The summed E-state index contributed by atoms with van der Waals surface area (Å²) >= 11 is 0. The van der Waals surface area contributed by atoms with Gasteiger partial charge in [-0.25, -0.2) is 4.98 Å². The van der Waals surface area contributed by atoms with E-state index in [0.29, 0.717) is 6.04 Å². The second kappa shape index (κ2) is 9.59. The summed E-state index contributed by atoms with van der Waals surface area (Å²) in [6, 6.07) is 0.451. The maximum atomic E-state index is 4.51. The Balaban J connectivity index is 2.34. The molecule has 4 nitrogen and oxygen atoms in total. The summed E-state index contributed by atoms with van der Waals surface area (Å²) in [6.45, 7) is 7.53. The van der Waals surface area contributed by atoms with Crippen molar-refractivity contribution in [3.05, 3.63) is 12.4 Å². The molecule has 1 unspecified atom stereocenters. The molecule has 0 amide bonds. The minimum Gasteiger partial charge on any atom is -0.369 e. The average molecular weight is 264 g/mol. The lowest BCUT2D eigenvalue weighted by Crippen LogP contribution is -2.16. The van der Waals surface area contributed by atoms with E-state index in [1.165, 1.54) is 32.1 Å². The van der Waals surface area contributed by atoms with Gasteiger partial charge in [-0.2, -0.15) is 0 Å². The molecule has 19 heavy (non-hydrogen) atoms. The first-order valence-corrected chi connectivity index (χ1v) is 7.58. The molecule has 0 spiro atoms. The van der Waals surface area contributed by atoms with E-state index in [-0.39, 0.29) is 0 Å². The van der Waals surface area contributed by atoms with Gasteiger partial charge in [0.05, 0.1) is 12.4 Å². The highest BCUT2D eigenvalue weighted by atomic mass is 15.1. The molecule has 0 radical (unpaired) electrons. The van der Waals surface area contributed by atoms with Crippen molar-refractivity contribution in [1.82, 2.24) is 9.97 Å². The van der Waals surface area contributed by atoms with Gasteiger partial charge in [0.25, 0.3) is 0 Å². The summed E-state index contributed by atoms with van der Waals surface area (Å²) in [7, 11) is 0. The number of nitrogens with zero attached hydrogens (tertiary/aromatic N) is 2. The van der Waals surface area contributed by atoms with E-state index in [1.54, 1.807) is 12.4 Å². The van der Waals surface area contributed by atoms with Crippen LogP contribution in [-0.4, -0.2) is 22.6 Å². The highest BCUT2D eigenvalue weighted by Gasteiger charge is 2.04. The van der Waals surface area contributed by atoms with Crippen LogP contribution in [0.15, 0.2) is 12.4 Å². The topological polar surface area (TPSA) is 49.8 Å². The number of hydrogen-bond acceptors (Lipinski definition) is 4. The fraction of sp³-hybridized carbons (Fsp3) is 0.733. The number of hydrogen-bond donors (Lipinski definition) is 2. The standard InChI is InChI=1S/C15H28N4/c1-4-6-7-8-9-13(3)18-15-12-16-11-14(19-15)17-10-5-2/h11-13H,4-10H2,1-3H3,(H2,17,18,19). The summed E-state index contributed by atoms with van der Waals surface area (Å²) in [6.07, 6.45) is 11.1. The minimum atomic E-state index is 0.451. The summed E-state index contributed by atoms with van der Waals surface area (Å²) in [5, 5.41) is 6.68. The van der Waals surface area contributed by atoms with Crippen LogP contribution in [0.2, 0.25) is 0 Å². The van der Waals surface area contributed by atoms with Gasteiger partial charge in [-0.05, 0) is 19.8 Å². The summed E-state index contributed by atoms with van der Waals surface area (Å²) in [5.74, 6) is 1.72. The molecule has 0 aliphatic carbocycles. The van der Waals surface area contributed by atoms with E-state index in [9.17, 15) is 0 Å². The third-order valence-electron chi connectivity index (χ3n) is 3.08. The molecule has 0 aliphatic heterocycles. The van der Waals surface area contributed by atoms with Crippen LogP contribution in [0, 0.1) is 0 Å². The van der Waals surface area contributed by atoms with Crippen molar-refractivity contribution in [2.24, 2.45) is 0 Å². The van der Waals surface area contributed by atoms with Crippen LogP contribution in [0.25, 0.3) is 0 Å². The molecule has 0 saturated heterocycles. The predicted octanol–water partition coefficient (Wildman–Crippen LogP) is 4.07. The predicted molar refractivity (Wildman–Crippen MR) is 82.7 cm³/mol. The average Bonchev–Trinajstić information content (AvgIpc) is 2.42. The van der Waals surface area contributed by atoms with Gasteiger partial charge in [-0.15, -0.1) is 0 Å². The molecule has 1 heterocycles. The van der Waals surface area contributed by atoms with Crippen LogP contribution in [0.5, 0.6) is 0 Å². The molecule has 0 bridgehead atoms. The van der Waals surface area contributed by atoms with Crippen molar-refractivity contribution < 1.29 is 0 Å². The minimum absolute atomic E-state index is 0.451. The summed E-state index contributed by atoms with van der Waals surface area (Å²) in [5.41, 5.74) is 0. The van der Waals surface area contributed by atoms with Crippen LogP contribution < -0.4 is 10.6 Å². The van der Waals surface area contributed by atoms with Crippen LogP contribution in [0.1, 0.15) is 59.3 Å². The van der Waals surface area contributed by atoms with E-state index in [0.717, 1.165) is 24.6 Å². The first-order valence-electron chi connectivity index (χ1n) is 7.58. The molecule has 1 rings (SSSR count). The monoisotopic (exact) mass is 264 g/mol. The van der Waals surface area contributed by atoms with E-state index in [1.807, 2.05) is 0 Å². The molecule has 1 aromatic rings. The number of nitrogens with one attached hydrogen (secondary N) is 2. The van der Waals surface area contributed by atoms with Gasteiger partial charge in [0, 0.05) is 12.6 Å². The smallest absolute Gasteiger partial charge is 0.147 e. The molecule has 108 valence electrons. The molecule has 2 N–H and O–H groups in total. The molecule has 1 aromatic heterocycles. The fourth-order valence-corrected chi connectivity index (χ4v) is 1.98. The molecule has 4 heteroatoms. The Hall–Kier alpha value is -1.32. The number of anilines is 2. The van der Waals surface area contributed by atoms with Crippen LogP contribution in [0.4, 0.5) is 11.6 Å². The Labute approximate surface area is 117 Å². The summed E-state index contributed by atoms with van der Waals surface area (Å²) < 4.78 is 0. The zero-order chi connectivity index (χ0) is 13.9. The van der Waals surface area contributed by atoms with Gasteiger partial charge in [0.1, 0.15) is 11.6 Å². The van der Waals surface area contributed by atoms with Gasteiger partial charge in [0.15, 0.2) is 0 Å². The molecule has 0 fully saturated rings. The zero-order valence-electron chi connectivity index (χ0n) is 12.6. The van der Waals surface area contributed by atoms with Crippen LogP contribution >= 0.6 is 0 Å². The zero-order valence-corrected chi connectivity index (χ0v) is 12.6. The maximum absolute atomic E-state index is 4.51. The SMILES string of the molecule is CCCCCCC(C)Nc1cncc(NCCC)n1. The fourth-order valence-electron chi connectivity index (χ4n) is 1.98. The van der Waals surface area contributed by atoms with Gasteiger partial charge < -0.3 is 10.6 Å². The van der Waals surface area contributed by atoms with E-state index in [2.05, 4.69) is 41.4 Å². The van der Waals surface area contributed by atoms with E-state index >= 15 is 0 Å². The van der Waals surface area contributed by atoms with E-state index < -0.39 is 0 Å². The Morgan fingerprint density at radius 3 is 2.58 bits per heavy atom. The van der Waals surface area contributed by atoms with Crippen molar-refractivity contribution in [2.75, 3.05) is 17.2 Å². The molecular weight excluding hydrogens is 236 g/mol. The molecule has 0 aliphatic rings. The molecule has 0 saturated carbocycles. The normalized spacial score (nSPS) is 12.2. The lowest BCUT2D eigenvalue weighted by Gasteiger charge is -2.14. The first-order chi connectivity index (χ1) is 9.26. The molecule has 1 atom stereocenters. The van der Waals surface area contributed by atoms with Gasteiger partial charge in [-0.3, -0.25) is 4.98 Å². The van der Waals surface area contributed by atoms with Crippen molar-refractivity contribution >= 4 is 11.6 Å². The third-order valence-corrected chi connectivity index (χ3v) is 3.08. The Morgan fingerprint density at radius 1 is 1.05 bits per heavy atom. The highest BCUT2D eigenvalue weighted by molar-refractivity contribution is 5.41. The molecular formula is C15H28N4. The lowest BCUT2D eigenvalue weighted by atomic mass is 10.1. The Morgan fingerprint density at radius 2 is 1.84 bits per heavy atom. The number of aromatic nitrogens is 2. The van der Waals surface area contributed by atoms with Gasteiger partial charge >= 0.3 is 0 Å². The molecule has 0 aromatic carbocycles. The van der Waals surface area contributed by atoms with Gasteiger partial charge in [-0.1, -0.05) is 39.5 Å². The van der Waals surface area contributed by atoms with Crippen molar-refractivity contribution in [1.29, 1.82) is 0 Å². The lowest BCUT2D eigenvalue weighted by molar-refractivity contribution is 0.593. The third kappa shape index (κ3) is 6.99. The second-order valence-electron chi connectivity index (χ2n) is 5.11. The van der Waals surface area contributed by atoms with Crippen molar-refractivity contribution in [3.8, 4) is 0 Å². The number of unbranched alkanes of at least 4 members (excludes halogenated alkanes) is 3. The van der Waals surface area contributed by atoms with E-state index in [4.69, 9.17) is 0 Å².